The number of amides is 1. The van der Waals surface area contributed by atoms with Crippen LogP contribution in [0.2, 0.25) is 0 Å². The standard InChI is InChI=1S/C26H28N4O2/c1-19-11-12-24(20(2)16-19)32-15-7-14-30-23-10-5-4-9-22(23)28-25(30)18-29(3)26(31)21-8-6-13-27-17-21/h4-6,8-13,16-17H,7,14-15,18H2,1-3H3. The number of fused-ring (bicyclic) bond motifs is 1. The molecule has 0 radical (unpaired) electrons. The highest BCUT2D eigenvalue weighted by molar-refractivity contribution is 5.93. The number of benzene rings is 2. The van der Waals surface area contributed by atoms with Crippen LogP contribution in [0.25, 0.3) is 11.0 Å². The van der Waals surface area contributed by atoms with E-state index in [4.69, 9.17) is 9.72 Å². The molecule has 2 aromatic heterocycles. The third-order valence-electron chi connectivity index (χ3n) is 5.48. The Morgan fingerprint density at radius 1 is 1.09 bits per heavy atom. The molecule has 2 heterocycles. The number of nitrogens with zero attached hydrogens (tertiary/aromatic N) is 4. The van der Waals surface area contributed by atoms with Gasteiger partial charge in [-0.3, -0.25) is 9.78 Å². The smallest absolute Gasteiger partial charge is 0.255 e. The van der Waals surface area contributed by atoms with E-state index < -0.39 is 0 Å². The van der Waals surface area contributed by atoms with Crippen molar-refractivity contribution in [2.75, 3.05) is 13.7 Å². The number of pyridine rings is 1. The van der Waals surface area contributed by atoms with Gasteiger partial charge >= 0.3 is 0 Å². The first-order valence-electron chi connectivity index (χ1n) is 10.8. The van der Waals surface area contributed by atoms with Crippen molar-refractivity contribution in [2.24, 2.45) is 0 Å². The molecular weight excluding hydrogens is 400 g/mol. The lowest BCUT2D eigenvalue weighted by molar-refractivity contribution is 0.0779. The van der Waals surface area contributed by atoms with Gasteiger partial charge in [-0.15, -0.1) is 0 Å². The molecule has 4 rings (SSSR count). The second-order valence-corrected chi connectivity index (χ2v) is 8.04. The minimum absolute atomic E-state index is 0.0742. The fourth-order valence-corrected chi connectivity index (χ4v) is 3.86. The maximum absolute atomic E-state index is 12.8. The van der Waals surface area contributed by atoms with E-state index in [1.54, 1.807) is 36.5 Å². The molecule has 0 atom stereocenters. The number of aryl methyl sites for hydroxylation is 3. The Morgan fingerprint density at radius 2 is 1.94 bits per heavy atom. The number of carbonyl (C=O) groups excluding carboxylic acids is 1. The first kappa shape index (κ1) is 21.6. The molecule has 6 nitrogen and oxygen atoms in total. The summed E-state index contributed by atoms with van der Waals surface area (Å²) in [6.07, 6.45) is 4.09. The summed E-state index contributed by atoms with van der Waals surface area (Å²) in [5.74, 6) is 1.71. The van der Waals surface area contributed by atoms with E-state index in [2.05, 4.69) is 41.6 Å². The van der Waals surface area contributed by atoms with Crippen molar-refractivity contribution in [1.29, 1.82) is 0 Å². The normalized spacial score (nSPS) is 11.0. The Morgan fingerprint density at radius 3 is 2.72 bits per heavy atom. The summed E-state index contributed by atoms with van der Waals surface area (Å²) < 4.78 is 8.20. The topological polar surface area (TPSA) is 60.2 Å². The average Bonchev–Trinajstić information content (AvgIpc) is 3.14. The van der Waals surface area contributed by atoms with Crippen LogP contribution >= 0.6 is 0 Å². The molecule has 0 N–H and O–H groups in total. The fraction of sp³-hybridized carbons (Fsp3) is 0.269. The second kappa shape index (κ2) is 9.64. The van der Waals surface area contributed by atoms with E-state index in [1.807, 2.05) is 24.3 Å². The highest BCUT2D eigenvalue weighted by Crippen LogP contribution is 2.21. The second-order valence-electron chi connectivity index (χ2n) is 8.04. The maximum atomic E-state index is 12.8. The number of rotatable bonds is 8. The van der Waals surface area contributed by atoms with E-state index in [0.717, 1.165) is 41.1 Å². The molecule has 0 bridgehead atoms. The Bertz CT molecular complexity index is 1220. The van der Waals surface area contributed by atoms with E-state index >= 15 is 0 Å². The summed E-state index contributed by atoms with van der Waals surface area (Å²) in [4.78, 5) is 23.3. The zero-order chi connectivity index (χ0) is 22.5. The molecule has 0 aliphatic rings. The summed E-state index contributed by atoms with van der Waals surface area (Å²) in [5.41, 5.74) is 4.94. The van der Waals surface area contributed by atoms with Gasteiger partial charge in [0.2, 0.25) is 0 Å². The molecule has 32 heavy (non-hydrogen) atoms. The van der Waals surface area contributed by atoms with Crippen molar-refractivity contribution >= 4 is 16.9 Å². The summed E-state index contributed by atoms with van der Waals surface area (Å²) >= 11 is 0. The highest BCUT2D eigenvalue weighted by Gasteiger charge is 2.17. The minimum Gasteiger partial charge on any atom is -0.493 e. The summed E-state index contributed by atoms with van der Waals surface area (Å²) in [6.45, 7) is 5.94. The van der Waals surface area contributed by atoms with Crippen LogP contribution < -0.4 is 4.74 Å². The van der Waals surface area contributed by atoms with Crippen molar-refractivity contribution in [2.45, 2.75) is 33.4 Å². The van der Waals surface area contributed by atoms with Crippen LogP contribution in [0, 0.1) is 13.8 Å². The number of aromatic nitrogens is 3. The molecule has 0 unspecified atom stereocenters. The first-order chi connectivity index (χ1) is 15.5. The molecule has 0 aliphatic carbocycles. The van der Waals surface area contributed by atoms with Gasteiger partial charge in [-0.05, 0) is 56.2 Å². The minimum atomic E-state index is -0.0742. The van der Waals surface area contributed by atoms with E-state index in [-0.39, 0.29) is 5.91 Å². The number of carbonyl (C=O) groups is 1. The van der Waals surface area contributed by atoms with Crippen LogP contribution in [0.15, 0.2) is 67.0 Å². The van der Waals surface area contributed by atoms with E-state index in [0.29, 0.717) is 18.7 Å². The van der Waals surface area contributed by atoms with Crippen LogP contribution in [0.1, 0.15) is 33.7 Å². The van der Waals surface area contributed by atoms with Gasteiger partial charge in [0.1, 0.15) is 11.6 Å². The number of ether oxygens (including phenoxy) is 1. The Hall–Kier alpha value is -3.67. The SMILES string of the molecule is Cc1ccc(OCCCn2c(CN(C)C(=O)c3cccnc3)nc3ccccc32)c(C)c1. The van der Waals surface area contributed by atoms with Gasteiger partial charge in [0.05, 0.1) is 29.7 Å². The van der Waals surface area contributed by atoms with Crippen LogP contribution in [-0.4, -0.2) is 39.0 Å². The first-order valence-corrected chi connectivity index (χ1v) is 10.8. The number of imidazole rings is 1. The Labute approximate surface area is 188 Å². The van der Waals surface area contributed by atoms with Gasteiger partial charge in [0.15, 0.2) is 0 Å². The van der Waals surface area contributed by atoms with E-state index in [1.165, 1.54) is 5.56 Å². The van der Waals surface area contributed by atoms with Crippen LogP contribution in [0.5, 0.6) is 5.75 Å². The van der Waals surface area contributed by atoms with Crippen molar-refractivity contribution in [3.05, 3.63) is 89.5 Å². The fourth-order valence-electron chi connectivity index (χ4n) is 3.86. The molecular formula is C26H28N4O2. The summed E-state index contributed by atoms with van der Waals surface area (Å²) in [5, 5.41) is 0. The van der Waals surface area contributed by atoms with Gasteiger partial charge in [-0.1, -0.05) is 29.8 Å². The predicted molar refractivity (Wildman–Crippen MR) is 126 cm³/mol. The Balaban J connectivity index is 1.47. The van der Waals surface area contributed by atoms with Crippen LogP contribution in [-0.2, 0) is 13.1 Å². The lowest BCUT2D eigenvalue weighted by Crippen LogP contribution is -2.28. The molecule has 0 saturated carbocycles. The van der Waals surface area contributed by atoms with Gasteiger partial charge in [-0.25, -0.2) is 4.98 Å². The maximum Gasteiger partial charge on any atom is 0.255 e. The number of hydrogen-bond donors (Lipinski definition) is 0. The average molecular weight is 429 g/mol. The lowest BCUT2D eigenvalue weighted by Gasteiger charge is -2.18. The molecule has 0 saturated heterocycles. The predicted octanol–water partition coefficient (Wildman–Crippen LogP) is 4.79. The zero-order valence-corrected chi connectivity index (χ0v) is 18.8. The molecule has 6 heteroatoms. The quantitative estimate of drug-likeness (QED) is 0.379. The molecule has 2 aromatic carbocycles. The van der Waals surface area contributed by atoms with Crippen molar-refractivity contribution < 1.29 is 9.53 Å². The molecule has 164 valence electrons. The Kier molecular flexibility index (Phi) is 6.50. The molecule has 4 aromatic rings. The van der Waals surface area contributed by atoms with E-state index in [9.17, 15) is 4.79 Å². The molecule has 1 amide bonds. The summed E-state index contributed by atoms with van der Waals surface area (Å²) in [6, 6.07) is 17.8. The monoisotopic (exact) mass is 428 g/mol. The lowest BCUT2D eigenvalue weighted by atomic mass is 10.1. The van der Waals surface area contributed by atoms with Crippen molar-refractivity contribution in [3.63, 3.8) is 0 Å². The number of hydrogen-bond acceptors (Lipinski definition) is 4. The van der Waals surface area contributed by atoms with Gasteiger partial charge in [0, 0.05) is 26.0 Å². The third-order valence-corrected chi connectivity index (χ3v) is 5.48. The largest absolute Gasteiger partial charge is 0.493 e. The summed E-state index contributed by atoms with van der Waals surface area (Å²) in [7, 11) is 1.79. The molecule has 0 fully saturated rings. The zero-order valence-electron chi connectivity index (χ0n) is 18.8. The number of para-hydroxylation sites is 2. The molecule has 0 spiro atoms. The van der Waals surface area contributed by atoms with Gasteiger partial charge < -0.3 is 14.2 Å². The highest BCUT2D eigenvalue weighted by atomic mass is 16.5. The third kappa shape index (κ3) is 4.80. The van der Waals surface area contributed by atoms with Crippen LogP contribution in [0.4, 0.5) is 0 Å². The van der Waals surface area contributed by atoms with Crippen molar-refractivity contribution in [3.8, 4) is 5.75 Å². The van der Waals surface area contributed by atoms with Crippen molar-refractivity contribution in [1.82, 2.24) is 19.4 Å². The van der Waals surface area contributed by atoms with Crippen LogP contribution in [0.3, 0.4) is 0 Å². The molecule has 0 aliphatic heterocycles. The van der Waals surface area contributed by atoms with Gasteiger partial charge in [0.25, 0.3) is 5.91 Å². The van der Waals surface area contributed by atoms with Gasteiger partial charge in [-0.2, -0.15) is 0 Å².